The fourth-order valence-electron chi connectivity index (χ4n) is 5.07. The van der Waals surface area contributed by atoms with Gasteiger partial charge in [0.15, 0.2) is 35.2 Å². The maximum absolute atomic E-state index is 11.5. The van der Waals surface area contributed by atoms with E-state index in [4.69, 9.17) is 24.1 Å². The van der Waals surface area contributed by atoms with Gasteiger partial charge in [-0.2, -0.15) is 0 Å². The summed E-state index contributed by atoms with van der Waals surface area (Å²) in [6, 6.07) is 9.43. The topological polar surface area (TPSA) is 262 Å². The molecule has 0 aromatic heterocycles. The number of carboxylic acids is 2. The minimum Gasteiger partial charge on any atom is -0.504 e. The summed E-state index contributed by atoms with van der Waals surface area (Å²) in [6.07, 6.45) is -16.0. The van der Waals surface area contributed by atoms with E-state index in [9.17, 15) is 50.4 Å². The van der Waals surface area contributed by atoms with Crippen molar-refractivity contribution in [2.24, 2.45) is 11.8 Å². The molecule has 1 fully saturated rings. The zero-order valence-corrected chi connectivity index (χ0v) is 26.1. The predicted molar refractivity (Wildman–Crippen MR) is 159 cm³/mol. The number of carbonyl (C=O) groups is 2. The summed E-state index contributed by atoms with van der Waals surface area (Å²) in [7, 11) is 2.39. The van der Waals surface area contributed by atoms with Gasteiger partial charge in [0, 0.05) is 7.11 Å². The van der Waals surface area contributed by atoms with Gasteiger partial charge >= 0.3 is 11.9 Å². The molecule has 0 unspecified atom stereocenters. The molecule has 0 aliphatic carbocycles. The lowest BCUT2D eigenvalue weighted by molar-refractivity contribution is -0.271. The summed E-state index contributed by atoms with van der Waals surface area (Å²) >= 11 is 0. The van der Waals surface area contributed by atoms with Crippen molar-refractivity contribution in [3.8, 4) is 23.0 Å². The van der Waals surface area contributed by atoms with E-state index in [-0.39, 0.29) is 34.8 Å². The van der Waals surface area contributed by atoms with Gasteiger partial charge in [0.1, 0.15) is 30.5 Å². The van der Waals surface area contributed by atoms with Gasteiger partial charge < -0.3 is 69.6 Å². The molecule has 9 N–H and O–H groups in total. The number of aliphatic hydroxyl groups excluding tert-OH is 6. The zero-order chi connectivity index (χ0) is 35.2. The van der Waals surface area contributed by atoms with E-state index in [1.807, 2.05) is 13.8 Å². The minimum atomic E-state index is -2.10. The van der Waals surface area contributed by atoms with Crippen LogP contribution in [0.1, 0.15) is 25.0 Å². The Morgan fingerprint density at radius 2 is 1.38 bits per heavy atom. The highest BCUT2D eigenvalue weighted by Crippen LogP contribution is 2.34. The van der Waals surface area contributed by atoms with Gasteiger partial charge in [-0.1, -0.05) is 26.0 Å². The maximum Gasteiger partial charge on any atom is 0.335 e. The second-order valence-electron chi connectivity index (χ2n) is 11.5. The third-order valence-electron chi connectivity index (χ3n) is 8.09. The average Bonchev–Trinajstić information content (AvgIpc) is 3.02. The number of rotatable bonds is 16. The molecule has 1 aliphatic heterocycles. The van der Waals surface area contributed by atoms with E-state index in [2.05, 4.69) is 4.74 Å². The van der Waals surface area contributed by atoms with Crippen LogP contribution < -0.4 is 14.2 Å². The third-order valence-corrected chi connectivity index (χ3v) is 8.09. The summed E-state index contributed by atoms with van der Waals surface area (Å²) < 4.78 is 26.2. The largest absolute Gasteiger partial charge is 0.504 e. The normalized spacial score (nSPS) is 25.1. The van der Waals surface area contributed by atoms with Crippen LogP contribution in [0, 0.1) is 11.8 Å². The SMILES string of the molecule is COc1ccc(C[C@H](C)[C@H](C)Cc2ccc(O)c(O[C@H](O)[C@@H](O)[C@H](O)[C@H](OC)C(=O)O)c2)cc1O[C@@H]1O[C@H](C(=O)O)[C@@H](O)[C@H](O)[C@H]1O. The lowest BCUT2D eigenvalue weighted by atomic mass is 9.85. The molecule has 0 spiro atoms. The lowest BCUT2D eigenvalue weighted by Gasteiger charge is -2.38. The number of benzene rings is 2. The molecule has 16 heteroatoms. The van der Waals surface area contributed by atoms with Gasteiger partial charge in [0.05, 0.1) is 7.11 Å². The molecule has 0 saturated carbocycles. The Morgan fingerprint density at radius 1 is 0.809 bits per heavy atom. The molecule has 2 aromatic carbocycles. The molecule has 0 radical (unpaired) electrons. The monoisotopic (exact) mass is 670 g/mol. The molecule has 0 amide bonds. The molecule has 1 aliphatic rings. The Labute approximate surface area is 269 Å². The zero-order valence-electron chi connectivity index (χ0n) is 26.1. The van der Waals surface area contributed by atoms with Crippen LogP contribution in [0.4, 0.5) is 0 Å². The number of hydrogen-bond acceptors (Lipinski definition) is 14. The van der Waals surface area contributed by atoms with Gasteiger partial charge in [-0.25, -0.2) is 9.59 Å². The highest BCUT2D eigenvalue weighted by Gasteiger charge is 2.48. The van der Waals surface area contributed by atoms with Crippen molar-refractivity contribution >= 4 is 11.9 Å². The molecule has 47 heavy (non-hydrogen) atoms. The number of aliphatic hydroxyl groups is 6. The van der Waals surface area contributed by atoms with Crippen molar-refractivity contribution in [2.45, 2.75) is 82.0 Å². The number of aliphatic carboxylic acids is 2. The number of aromatic hydroxyl groups is 1. The fourth-order valence-corrected chi connectivity index (χ4v) is 5.07. The molecule has 1 heterocycles. The molecule has 11 atom stereocenters. The van der Waals surface area contributed by atoms with Crippen molar-refractivity contribution in [3.05, 3.63) is 47.5 Å². The van der Waals surface area contributed by atoms with Gasteiger partial charge in [0.25, 0.3) is 0 Å². The van der Waals surface area contributed by atoms with Gasteiger partial charge in [-0.05, 0) is 60.1 Å². The first-order chi connectivity index (χ1) is 22.1. The Bertz CT molecular complexity index is 1350. The summed E-state index contributed by atoms with van der Waals surface area (Å²) in [4.78, 5) is 22.7. The minimum absolute atomic E-state index is 0.0192. The summed E-state index contributed by atoms with van der Waals surface area (Å²) in [5.41, 5.74) is 1.47. The highest BCUT2D eigenvalue weighted by molar-refractivity contribution is 5.73. The van der Waals surface area contributed by atoms with Crippen LogP contribution in [0.5, 0.6) is 23.0 Å². The van der Waals surface area contributed by atoms with Crippen molar-refractivity contribution in [1.82, 2.24) is 0 Å². The van der Waals surface area contributed by atoms with Crippen molar-refractivity contribution in [3.63, 3.8) is 0 Å². The maximum atomic E-state index is 11.5. The predicted octanol–water partition coefficient (Wildman–Crippen LogP) is -0.752. The second kappa shape index (κ2) is 16.4. The molecule has 262 valence electrons. The van der Waals surface area contributed by atoms with Crippen molar-refractivity contribution < 1.29 is 79.2 Å². The van der Waals surface area contributed by atoms with Crippen LogP contribution in [-0.4, -0.2) is 127 Å². The molecular formula is C31H42O16. The standard InChI is InChI=1S/C31H42O16/c1-13(9-15-5-7-17(32)19(11-15)45-30(42)24(36)23(35)26(44-4)28(38)39)14(2)10-16-6-8-18(43-3)20(12-16)46-31-25(37)21(33)22(34)27(47-31)29(40)41/h5-8,11-14,21-27,30-37,42H,9-10H2,1-4H3,(H,38,39)(H,40,41)/t13-,14+,21+,22+,23+,24+,25-,26+,27+,30+,31-/m1/s1. The highest BCUT2D eigenvalue weighted by atomic mass is 16.7. The lowest BCUT2D eigenvalue weighted by Crippen LogP contribution is -2.61. The summed E-state index contributed by atoms with van der Waals surface area (Å²) in [5, 5.41) is 89.7. The van der Waals surface area contributed by atoms with Crippen LogP contribution in [0.3, 0.4) is 0 Å². The quantitative estimate of drug-likeness (QED) is 0.0995. The Kier molecular flexibility index (Phi) is 13.1. The number of phenols is 1. The molecule has 2 aromatic rings. The Balaban J connectivity index is 1.69. The third kappa shape index (κ3) is 9.21. The number of methoxy groups -OCH3 is 2. The molecule has 0 bridgehead atoms. The first-order valence-electron chi connectivity index (χ1n) is 14.6. The first kappa shape index (κ1) is 37.7. The molecule has 16 nitrogen and oxygen atoms in total. The van der Waals surface area contributed by atoms with E-state index in [0.29, 0.717) is 18.4 Å². The van der Waals surface area contributed by atoms with Crippen LogP contribution in [0.15, 0.2) is 36.4 Å². The van der Waals surface area contributed by atoms with E-state index in [0.717, 1.165) is 12.7 Å². The van der Waals surface area contributed by atoms with Crippen LogP contribution in [0.2, 0.25) is 0 Å². The van der Waals surface area contributed by atoms with Crippen molar-refractivity contribution in [1.29, 1.82) is 0 Å². The molecule has 1 saturated heterocycles. The van der Waals surface area contributed by atoms with Crippen molar-refractivity contribution in [2.75, 3.05) is 14.2 Å². The van der Waals surface area contributed by atoms with E-state index in [1.54, 1.807) is 24.3 Å². The first-order valence-corrected chi connectivity index (χ1v) is 14.6. The summed E-state index contributed by atoms with van der Waals surface area (Å²) in [6.45, 7) is 3.97. The molecule has 3 rings (SSSR count). The van der Waals surface area contributed by atoms with E-state index >= 15 is 0 Å². The number of carboxylic acid groups (broad SMARTS) is 2. The second-order valence-corrected chi connectivity index (χ2v) is 11.5. The van der Waals surface area contributed by atoms with Crippen LogP contribution in [-0.2, 0) is 31.9 Å². The van der Waals surface area contributed by atoms with E-state index < -0.39 is 67.2 Å². The van der Waals surface area contributed by atoms with E-state index in [1.165, 1.54) is 19.2 Å². The van der Waals surface area contributed by atoms with Crippen LogP contribution >= 0.6 is 0 Å². The fraction of sp³-hybridized carbons (Fsp3) is 0.548. The summed E-state index contributed by atoms with van der Waals surface area (Å²) in [5.74, 6) is -3.29. The molecular weight excluding hydrogens is 628 g/mol. The number of phenolic OH excluding ortho intramolecular Hbond substituents is 1. The van der Waals surface area contributed by atoms with Crippen LogP contribution in [0.25, 0.3) is 0 Å². The Hall–Kier alpha value is -3.74. The Morgan fingerprint density at radius 3 is 1.91 bits per heavy atom. The van der Waals surface area contributed by atoms with Gasteiger partial charge in [-0.15, -0.1) is 0 Å². The number of hydrogen-bond donors (Lipinski definition) is 9. The smallest absolute Gasteiger partial charge is 0.335 e. The van der Waals surface area contributed by atoms with Gasteiger partial charge in [-0.3, -0.25) is 0 Å². The average molecular weight is 671 g/mol. The number of ether oxygens (including phenoxy) is 5. The van der Waals surface area contributed by atoms with Gasteiger partial charge in [0.2, 0.25) is 12.6 Å².